The highest BCUT2D eigenvalue weighted by Crippen LogP contribution is 2.34. The molecule has 1 aliphatic heterocycles. The molecular formula is C26H28FN9. The van der Waals surface area contributed by atoms with Crippen LogP contribution >= 0.6 is 0 Å². The van der Waals surface area contributed by atoms with Crippen molar-refractivity contribution < 1.29 is 4.39 Å². The van der Waals surface area contributed by atoms with Crippen molar-refractivity contribution in [1.82, 2.24) is 39.9 Å². The Labute approximate surface area is 208 Å². The van der Waals surface area contributed by atoms with Gasteiger partial charge in [0.1, 0.15) is 16.9 Å². The van der Waals surface area contributed by atoms with Crippen LogP contribution < -0.4 is 4.90 Å². The second-order valence-corrected chi connectivity index (χ2v) is 9.65. The summed E-state index contributed by atoms with van der Waals surface area (Å²) in [5.74, 6) is 0.0770. The number of piperazine rings is 1. The first kappa shape index (κ1) is 22.6. The van der Waals surface area contributed by atoms with Gasteiger partial charge in [0.2, 0.25) is 0 Å². The number of likely N-dealkylation sites (N-methyl/N-ethyl adjacent to an activating group) is 1. The van der Waals surface area contributed by atoms with E-state index in [-0.39, 0.29) is 5.69 Å². The van der Waals surface area contributed by atoms with E-state index in [0.717, 1.165) is 48.5 Å². The Morgan fingerprint density at radius 2 is 1.86 bits per heavy atom. The number of pyridine rings is 2. The van der Waals surface area contributed by atoms with Crippen LogP contribution in [0.2, 0.25) is 0 Å². The Kier molecular flexibility index (Phi) is 5.62. The lowest BCUT2D eigenvalue weighted by molar-refractivity contribution is 0.313. The third-order valence-electron chi connectivity index (χ3n) is 6.67. The Morgan fingerprint density at radius 1 is 1.03 bits per heavy atom. The molecule has 4 aromatic heterocycles. The van der Waals surface area contributed by atoms with Crippen LogP contribution in [-0.4, -0.2) is 87.3 Å². The summed E-state index contributed by atoms with van der Waals surface area (Å²) in [6.45, 7) is 4.59. The molecule has 0 amide bonds. The van der Waals surface area contributed by atoms with Gasteiger partial charge in [-0.25, -0.2) is 9.37 Å². The molecule has 1 saturated heterocycles. The average molecular weight is 486 g/mol. The van der Waals surface area contributed by atoms with Gasteiger partial charge >= 0.3 is 0 Å². The molecule has 2 N–H and O–H groups in total. The van der Waals surface area contributed by atoms with Crippen LogP contribution in [-0.2, 0) is 6.54 Å². The summed E-state index contributed by atoms with van der Waals surface area (Å²) in [4.78, 5) is 23.7. The third kappa shape index (κ3) is 3.98. The van der Waals surface area contributed by atoms with Gasteiger partial charge in [-0.3, -0.25) is 15.1 Å². The van der Waals surface area contributed by atoms with E-state index in [2.05, 4.69) is 48.1 Å². The van der Waals surface area contributed by atoms with E-state index in [9.17, 15) is 0 Å². The van der Waals surface area contributed by atoms with Gasteiger partial charge in [0, 0.05) is 50.7 Å². The highest BCUT2D eigenvalue weighted by atomic mass is 19.1. The first-order valence-corrected chi connectivity index (χ1v) is 12.0. The minimum absolute atomic E-state index is 0.243. The summed E-state index contributed by atoms with van der Waals surface area (Å²) in [6.07, 6.45) is 5.04. The van der Waals surface area contributed by atoms with Gasteiger partial charge in [0.15, 0.2) is 11.6 Å². The number of imidazole rings is 1. The lowest BCUT2D eigenvalue weighted by Gasteiger charge is -2.34. The first-order valence-electron chi connectivity index (χ1n) is 12.0. The smallest absolute Gasteiger partial charge is 0.161 e. The number of aromatic nitrogens is 6. The Bertz CT molecular complexity index is 1550. The van der Waals surface area contributed by atoms with Crippen molar-refractivity contribution in [1.29, 1.82) is 0 Å². The monoisotopic (exact) mass is 485 g/mol. The maximum absolute atomic E-state index is 16.0. The predicted molar refractivity (Wildman–Crippen MR) is 139 cm³/mol. The van der Waals surface area contributed by atoms with Crippen molar-refractivity contribution in [3.05, 3.63) is 54.2 Å². The maximum Gasteiger partial charge on any atom is 0.161 e. The zero-order valence-corrected chi connectivity index (χ0v) is 20.6. The van der Waals surface area contributed by atoms with Crippen molar-refractivity contribution in [3.63, 3.8) is 0 Å². The van der Waals surface area contributed by atoms with E-state index >= 15 is 4.39 Å². The summed E-state index contributed by atoms with van der Waals surface area (Å²) < 4.78 is 16.0. The topological polar surface area (TPSA) is 92.9 Å². The standard InChI is InChI=1S/C26H28FN9/c1-34(2)15-16-11-17(13-28-12-16)23-22(27)21-19(14-29-23)32-33-25(21)26-30-18-5-4-6-20(24(18)31-26)36-9-7-35(3)8-10-36/h4-6,11-14H,7-10,15H2,1-3H3,(H,30,31)(H,32,33). The van der Waals surface area contributed by atoms with Gasteiger partial charge < -0.3 is 19.7 Å². The number of para-hydroxylation sites is 1. The van der Waals surface area contributed by atoms with E-state index in [1.807, 2.05) is 37.2 Å². The van der Waals surface area contributed by atoms with Crippen LogP contribution in [0.1, 0.15) is 5.56 Å². The molecule has 5 heterocycles. The largest absolute Gasteiger partial charge is 0.367 e. The van der Waals surface area contributed by atoms with Crippen LogP contribution in [0.5, 0.6) is 0 Å². The Morgan fingerprint density at radius 3 is 2.67 bits per heavy atom. The summed E-state index contributed by atoms with van der Waals surface area (Å²) in [5, 5.41) is 7.70. The maximum atomic E-state index is 16.0. The van der Waals surface area contributed by atoms with E-state index in [1.54, 1.807) is 18.6 Å². The number of H-pyrrole nitrogens is 2. The molecule has 9 nitrogen and oxygen atoms in total. The molecule has 0 saturated carbocycles. The Balaban J connectivity index is 1.43. The lowest BCUT2D eigenvalue weighted by Crippen LogP contribution is -2.44. The van der Waals surface area contributed by atoms with Crippen molar-refractivity contribution in [2.75, 3.05) is 52.2 Å². The minimum atomic E-state index is -0.445. The normalized spacial score (nSPS) is 15.0. The van der Waals surface area contributed by atoms with E-state index < -0.39 is 5.82 Å². The molecule has 0 radical (unpaired) electrons. The van der Waals surface area contributed by atoms with Crippen molar-refractivity contribution in [2.45, 2.75) is 6.54 Å². The number of nitrogens with one attached hydrogen (secondary N) is 2. The molecule has 36 heavy (non-hydrogen) atoms. The molecule has 1 aromatic carbocycles. The van der Waals surface area contributed by atoms with Crippen LogP contribution in [0.4, 0.5) is 10.1 Å². The van der Waals surface area contributed by atoms with Crippen LogP contribution in [0.3, 0.4) is 0 Å². The Hall–Kier alpha value is -3.89. The molecular weight excluding hydrogens is 457 g/mol. The molecule has 1 aliphatic rings. The number of halogens is 1. The van der Waals surface area contributed by atoms with Crippen LogP contribution in [0.15, 0.2) is 42.9 Å². The second kappa shape index (κ2) is 8.96. The number of rotatable bonds is 5. The molecule has 0 bridgehead atoms. The molecule has 0 spiro atoms. The zero-order chi connectivity index (χ0) is 24.8. The van der Waals surface area contributed by atoms with Crippen molar-refractivity contribution in [2.24, 2.45) is 0 Å². The second-order valence-electron chi connectivity index (χ2n) is 9.65. The highest BCUT2D eigenvalue weighted by molar-refractivity contribution is 5.97. The van der Waals surface area contributed by atoms with Crippen molar-refractivity contribution >= 4 is 27.6 Å². The molecule has 10 heteroatoms. The number of aromatic amines is 2. The first-order chi connectivity index (χ1) is 17.5. The average Bonchev–Trinajstić information content (AvgIpc) is 3.49. The van der Waals surface area contributed by atoms with Gasteiger partial charge in [0.05, 0.1) is 28.3 Å². The summed E-state index contributed by atoms with van der Waals surface area (Å²) >= 11 is 0. The molecule has 5 aromatic rings. The quantitative estimate of drug-likeness (QED) is 0.394. The van der Waals surface area contributed by atoms with E-state index in [1.165, 1.54) is 0 Å². The minimum Gasteiger partial charge on any atom is -0.367 e. The van der Waals surface area contributed by atoms with Crippen LogP contribution in [0, 0.1) is 5.82 Å². The van der Waals surface area contributed by atoms with Crippen LogP contribution in [0.25, 0.3) is 44.7 Å². The number of benzene rings is 1. The number of fused-ring (bicyclic) bond motifs is 2. The summed E-state index contributed by atoms with van der Waals surface area (Å²) in [6, 6.07) is 8.03. The summed E-state index contributed by atoms with van der Waals surface area (Å²) in [5.41, 5.74) is 5.65. The van der Waals surface area contributed by atoms with Gasteiger partial charge in [-0.05, 0) is 44.9 Å². The van der Waals surface area contributed by atoms with Gasteiger partial charge in [-0.1, -0.05) is 6.07 Å². The van der Waals surface area contributed by atoms with Crippen molar-refractivity contribution in [3.8, 4) is 22.8 Å². The number of hydrogen-bond donors (Lipinski definition) is 2. The third-order valence-corrected chi connectivity index (χ3v) is 6.67. The van der Waals surface area contributed by atoms with Gasteiger partial charge in [-0.2, -0.15) is 5.10 Å². The van der Waals surface area contributed by atoms with E-state index in [4.69, 9.17) is 4.98 Å². The van der Waals surface area contributed by atoms with E-state index in [0.29, 0.717) is 34.5 Å². The lowest BCUT2D eigenvalue weighted by atomic mass is 10.1. The number of anilines is 1. The highest BCUT2D eigenvalue weighted by Gasteiger charge is 2.23. The molecule has 0 aliphatic carbocycles. The fraction of sp³-hybridized carbons (Fsp3) is 0.308. The molecule has 184 valence electrons. The van der Waals surface area contributed by atoms with Gasteiger partial charge in [-0.15, -0.1) is 0 Å². The van der Waals surface area contributed by atoms with Gasteiger partial charge in [0.25, 0.3) is 0 Å². The molecule has 0 unspecified atom stereocenters. The number of hydrogen-bond acceptors (Lipinski definition) is 7. The fourth-order valence-electron chi connectivity index (χ4n) is 4.85. The predicted octanol–water partition coefficient (Wildman–Crippen LogP) is 3.52. The summed E-state index contributed by atoms with van der Waals surface area (Å²) in [7, 11) is 6.11. The zero-order valence-electron chi connectivity index (χ0n) is 20.6. The number of nitrogens with zero attached hydrogens (tertiary/aromatic N) is 7. The molecule has 1 fully saturated rings. The fourth-order valence-corrected chi connectivity index (χ4v) is 4.85. The molecule has 0 atom stereocenters. The SMILES string of the molecule is CN(C)Cc1cncc(-c2ncc3[nH]nc(-c4nc5c(N6CCN(C)CC6)cccc5[nH]4)c3c2F)c1. The molecule has 6 rings (SSSR count).